The number of hydrogen-bond donors (Lipinski definition) is 0. The van der Waals surface area contributed by atoms with E-state index in [1.165, 1.54) is 11.6 Å². The topological polar surface area (TPSA) is 110 Å². The van der Waals surface area contributed by atoms with Gasteiger partial charge in [-0.1, -0.05) is 19.0 Å². The second kappa shape index (κ2) is 6.20. The van der Waals surface area contributed by atoms with Crippen molar-refractivity contribution in [2.75, 3.05) is 11.4 Å². The van der Waals surface area contributed by atoms with Crippen LogP contribution in [0.1, 0.15) is 55.9 Å². The van der Waals surface area contributed by atoms with E-state index in [4.69, 9.17) is 4.52 Å². The Morgan fingerprint density at radius 2 is 2.00 bits per heavy atom. The summed E-state index contributed by atoms with van der Waals surface area (Å²) >= 11 is 0. The maximum Gasteiger partial charge on any atom is 0.332 e. The number of hydrogen-bond acceptors (Lipinski definition) is 7. The second-order valence-electron chi connectivity index (χ2n) is 6.51. The first-order chi connectivity index (χ1) is 11.9. The van der Waals surface area contributed by atoms with Gasteiger partial charge in [0.2, 0.25) is 5.89 Å². The number of anilines is 1. The molecule has 1 aliphatic heterocycles. The molecule has 0 unspecified atom stereocenters. The summed E-state index contributed by atoms with van der Waals surface area (Å²) in [5.74, 6) is 1.48. The first kappa shape index (κ1) is 17.0. The summed E-state index contributed by atoms with van der Waals surface area (Å²) in [6, 6.07) is 1.71. The zero-order valence-electron chi connectivity index (χ0n) is 14.7. The molecule has 0 spiro atoms. The van der Waals surface area contributed by atoms with E-state index in [1.807, 2.05) is 24.8 Å². The Balaban J connectivity index is 2.14. The van der Waals surface area contributed by atoms with Crippen LogP contribution in [0.15, 0.2) is 14.1 Å². The van der Waals surface area contributed by atoms with Gasteiger partial charge < -0.3 is 9.42 Å². The van der Waals surface area contributed by atoms with Crippen LogP contribution in [0.2, 0.25) is 0 Å². The fourth-order valence-corrected chi connectivity index (χ4v) is 3.17. The largest absolute Gasteiger partial charge is 0.346 e. The highest BCUT2D eigenvalue weighted by Crippen LogP contribution is 2.35. The van der Waals surface area contributed by atoms with Gasteiger partial charge in [-0.25, -0.2) is 4.79 Å². The summed E-state index contributed by atoms with van der Waals surface area (Å²) in [6.07, 6.45) is 1.59. The average molecular weight is 344 g/mol. The van der Waals surface area contributed by atoms with E-state index in [0.717, 1.165) is 17.4 Å². The van der Waals surface area contributed by atoms with E-state index in [9.17, 15) is 14.9 Å². The highest BCUT2D eigenvalue weighted by Gasteiger charge is 2.34. The van der Waals surface area contributed by atoms with Crippen LogP contribution in [0.25, 0.3) is 0 Å². The van der Waals surface area contributed by atoms with Crippen molar-refractivity contribution in [3.8, 4) is 6.07 Å². The molecule has 0 radical (unpaired) electrons. The lowest BCUT2D eigenvalue weighted by Crippen LogP contribution is -2.42. The molecular formula is C16H20N6O3. The van der Waals surface area contributed by atoms with Crippen molar-refractivity contribution in [1.29, 1.82) is 5.26 Å². The molecule has 9 nitrogen and oxygen atoms in total. The highest BCUT2D eigenvalue weighted by atomic mass is 16.5. The molecule has 9 heteroatoms. The molecule has 1 aliphatic rings. The fourth-order valence-electron chi connectivity index (χ4n) is 3.17. The van der Waals surface area contributed by atoms with Crippen LogP contribution in [-0.2, 0) is 14.1 Å². The van der Waals surface area contributed by atoms with Crippen LogP contribution in [0.5, 0.6) is 0 Å². The predicted octanol–water partition coefficient (Wildman–Crippen LogP) is 0.804. The van der Waals surface area contributed by atoms with Gasteiger partial charge in [0, 0.05) is 26.6 Å². The van der Waals surface area contributed by atoms with Gasteiger partial charge in [-0.15, -0.1) is 0 Å². The van der Waals surface area contributed by atoms with Gasteiger partial charge in [-0.2, -0.15) is 10.2 Å². The number of rotatable bonds is 3. The van der Waals surface area contributed by atoms with Gasteiger partial charge in [-0.05, 0) is 12.8 Å². The Hall–Kier alpha value is -2.89. The minimum atomic E-state index is -0.595. The molecule has 0 aromatic carbocycles. The molecule has 3 heterocycles. The first-order valence-corrected chi connectivity index (χ1v) is 8.17. The molecule has 0 amide bonds. The van der Waals surface area contributed by atoms with Gasteiger partial charge in [0.15, 0.2) is 11.4 Å². The van der Waals surface area contributed by atoms with Gasteiger partial charge in [0.25, 0.3) is 5.56 Å². The molecule has 1 saturated heterocycles. The van der Waals surface area contributed by atoms with Crippen molar-refractivity contribution in [2.45, 2.75) is 38.6 Å². The lowest BCUT2D eigenvalue weighted by Gasteiger charge is -2.27. The predicted molar refractivity (Wildman–Crippen MR) is 89.3 cm³/mol. The lowest BCUT2D eigenvalue weighted by molar-refractivity contribution is 0.357. The summed E-state index contributed by atoms with van der Waals surface area (Å²) in [4.78, 5) is 30.9. The van der Waals surface area contributed by atoms with Crippen molar-refractivity contribution >= 4 is 5.82 Å². The Bertz CT molecular complexity index is 962. The van der Waals surface area contributed by atoms with E-state index in [-0.39, 0.29) is 17.5 Å². The number of nitriles is 1. The van der Waals surface area contributed by atoms with Gasteiger partial charge in [-0.3, -0.25) is 13.9 Å². The Labute approximate surface area is 144 Å². The maximum absolute atomic E-state index is 12.3. The standard InChI is InChI=1S/C16H20N6O3/c1-9(2)13-18-12(19-25-13)11-6-5-7-22(11)14-10(8-17)15(23)21(4)16(24)20(14)3/h9,11H,5-7H2,1-4H3/t11-/m1/s1. The van der Waals surface area contributed by atoms with Crippen molar-refractivity contribution in [1.82, 2.24) is 19.3 Å². The van der Waals surface area contributed by atoms with Gasteiger partial charge in [0.05, 0.1) is 6.04 Å². The van der Waals surface area contributed by atoms with Gasteiger partial charge in [0.1, 0.15) is 11.9 Å². The molecule has 0 saturated carbocycles. The van der Waals surface area contributed by atoms with Crippen LogP contribution >= 0.6 is 0 Å². The Morgan fingerprint density at radius 1 is 1.28 bits per heavy atom. The van der Waals surface area contributed by atoms with E-state index in [2.05, 4.69) is 10.1 Å². The summed E-state index contributed by atoms with van der Waals surface area (Å²) in [5.41, 5.74) is -1.12. The minimum Gasteiger partial charge on any atom is -0.346 e. The molecule has 0 aliphatic carbocycles. The minimum absolute atomic E-state index is 0.0518. The third kappa shape index (κ3) is 2.63. The van der Waals surface area contributed by atoms with E-state index >= 15 is 0 Å². The first-order valence-electron chi connectivity index (χ1n) is 8.17. The third-order valence-corrected chi connectivity index (χ3v) is 4.52. The summed E-state index contributed by atoms with van der Waals surface area (Å²) in [7, 11) is 2.92. The van der Waals surface area contributed by atoms with Crippen LogP contribution < -0.4 is 16.1 Å². The molecule has 25 heavy (non-hydrogen) atoms. The summed E-state index contributed by atoms with van der Waals surface area (Å²) < 4.78 is 7.57. The second-order valence-corrected chi connectivity index (χ2v) is 6.51. The summed E-state index contributed by atoms with van der Waals surface area (Å²) in [6.45, 7) is 4.52. The zero-order valence-corrected chi connectivity index (χ0v) is 14.7. The Morgan fingerprint density at radius 3 is 2.60 bits per heavy atom. The highest BCUT2D eigenvalue weighted by molar-refractivity contribution is 5.55. The normalized spacial score (nSPS) is 17.3. The van der Waals surface area contributed by atoms with Crippen LogP contribution in [0.3, 0.4) is 0 Å². The maximum atomic E-state index is 12.3. The van der Waals surface area contributed by atoms with E-state index in [0.29, 0.717) is 24.1 Å². The molecule has 1 atom stereocenters. The molecule has 132 valence electrons. The molecule has 0 bridgehead atoms. The average Bonchev–Trinajstić information content (AvgIpc) is 3.24. The molecule has 2 aromatic heterocycles. The number of nitrogens with zero attached hydrogens (tertiary/aromatic N) is 6. The molecule has 0 N–H and O–H groups in total. The van der Waals surface area contributed by atoms with Crippen molar-refractivity contribution in [2.24, 2.45) is 14.1 Å². The summed E-state index contributed by atoms with van der Waals surface area (Å²) in [5, 5.41) is 13.5. The zero-order chi connectivity index (χ0) is 18.3. The van der Waals surface area contributed by atoms with E-state index in [1.54, 1.807) is 7.05 Å². The Kier molecular flexibility index (Phi) is 4.20. The molecular weight excluding hydrogens is 324 g/mol. The number of aromatic nitrogens is 4. The van der Waals surface area contributed by atoms with Crippen molar-refractivity contribution in [3.63, 3.8) is 0 Å². The van der Waals surface area contributed by atoms with Crippen LogP contribution in [0, 0.1) is 11.3 Å². The molecule has 2 aromatic rings. The van der Waals surface area contributed by atoms with Crippen LogP contribution in [-0.4, -0.2) is 25.8 Å². The smallest absolute Gasteiger partial charge is 0.332 e. The lowest BCUT2D eigenvalue weighted by atomic mass is 10.2. The third-order valence-electron chi connectivity index (χ3n) is 4.52. The molecule has 1 fully saturated rings. The van der Waals surface area contributed by atoms with Crippen molar-refractivity contribution in [3.05, 3.63) is 38.1 Å². The van der Waals surface area contributed by atoms with Crippen LogP contribution in [0.4, 0.5) is 5.82 Å². The SMILES string of the molecule is CC(C)c1nc([C@H]2CCCN2c2c(C#N)c(=O)n(C)c(=O)n2C)no1. The van der Waals surface area contributed by atoms with Gasteiger partial charge >= 0.3 is 5.69 Å². The van der Waals surface area contributed by atoms with E-state index < -0.39 is 11.2 Å². The molecule has 3 rings (SSSR count). The quantitative estimate of drug-likeness (QED) is 0.810. The van der Waals surface area contributed by atoms with Crippen molar-refractivity contribution < 1.29 is 4.52 Å². The monoisotopic (exact) mass is 344 g/mol. The fraction of sp³-hybridized carbons (Fsp3) is 0.562.